The molecule has 2 N–H and O–H groups in total. The van der Waals surface area contributed by atoms with Gasteiger partial charge < -0.3 is 14.8 Å². The Morgan fingerprint density at radius 2 is 1.92 bits per heavy atom. The van der Waals surface area contributed by atoms with Gasteiger partial charge in [-0.15, -0.1) is 0 Å². The average Bonchev–Trinajstić information content (AvgIpc) is 3.12. The summed E-state index contributed by atoms with van der Waals surface area (Å²) in [4.78, 5) is 2.52. The second kappa shape index (κ2) is 8.47. The molecule has 3 rings (SSSR count). The Kier molecular flexibility index (Phi) is 6.07. The lowest BCUT2D eigenvalue weighted by atomic mass is 10.0. The van der Waals surface area contributed by atoms with Crippen LogP contribution >= 0.6 is 0 Å². The van der Waals surface area contributed by atoms with E-state index in [9.17, 15) is 5.11 Å². The molecule has 1 aromatic heterocycles. The van der Waals surface area contributed by atoms with Crippen molar-refractivity contribution >= 4 is 0 Å². The molecule has 1 saturated heterocycles. The van der Waals surface area contributed by atoms with Crippen LogP contribution in [0.3, 0.4) is 0 Å². The Morgan fingerprint density at radius 1 is 1.17 bits per heavy atom. The summed E-state index contributed by atoms with van der Waals surface area (Å²) in [6.45, 7) is 5.43. The first-order valence-electron chi connectivity index (χ1n) is 8.94. The number of aliphatic hydroxyl groups excluding tert-OH is 1. The zero-order valence-corrected chi connectivity index (χ0v) is 14.4. The number of hydrogen-bond acceptors (Lipinski definition) is 4. The molecule has 130 valence electrons. The van der Waals surface area contributed by atoms with Crippen molar-refractivity contribution in [2.75, 3.05) is 13.1 Å². The molecule has 0 amide bonds. The quantitative estimate of drug-likeness (QED) is 0.818. The van der Waals surface area contributed by atoms with Crippen LogP contribution in [-0.2, 0) is 6.54 Å². The van der Waals surface area contributed by atoms with Gasteiger partial charge >= 0.3 is 0 Å². The number of likely N-dealkylation sites (tertiary alicyclic amines) is 1. The van der Waals surface area contributed by atoms with Gasteiger partial charge in [0.25, 0.3) is 0 Å². The fourth-order valence-corrected chi connectivity index (χ4v) is 3.50. The summed E-state index contributed by atoms with van der Waals surface area (Å²) in [6.07, 6.45) is 4.08. The van der Waals surface area contributed by atoms with Gasteiger partial charge in [-0.2, -0.15) is 0 Å². The number of nitrogens with zero attached hydrogens (tertiary/aromatic N) is 1. The number of piperidine rings is 1. The number of rotatable bonds is 7. The van der Waals surface area contributed by atoms with E-state index in [1.807, 2.05) is 12.1 Å². The summed E-state index contributed by atoms with van der Waals surface area (Å²) >= 11 is 0. The van der Waals surface area contributed by atoms with Gasteiger partial charge in [-0.1, -0.05) is 30.3 Å². The van der Waals surface area contributed by atoms with Crippen LogP contribution in [0, 0.1) is 0 Å². The minimum absolute atomic E-state index is 0.274. The lowest BCUT2D eigenvalue weighted by molar-refractivity contribution is 0.120. The molecule has 2 atom stereocenters. The van der Waals surface area contributed by atoms with E-state index in [1.54, 1.807) is 6.26 Å². The van der Waals surface area contributed by atoms with E-state index in [4.69, 9.17) is 4.42 Å². The van der Waals surface area contributed by atoms with Gasteiger partial charge in [-0.05, 0) is 57.0 Å². The van der Waals surface area contributed by atoms with E-state index < -0.39 is 6.10 Å². The zero-order chi connectivity index (χ0) is 16.8. The SMILES string of the molecule is CC(CC(O)c1ccco1)NC1CCN(Cc2ccccc2)CC1. The molecule has 1 aliphatic rings. The summed E-state index contributed by atoms with van der Waals surface area (Å²) in [7, 11) is 0. The van der Waals surface area contributed by atoms with Crippen LogP contribution in [0.5, 0.6) is 0 Å². The molecule has 4 heteroatoms. The van der Waals surface area contributed by atoms with Crippen LogP contribution in [0.2, 0.25) is 0 Å². The first-order chi connectivity index (χ1) is 11.7. The summed E-state index contributed by atoms with van der Waals surface area (Å²) in [5.41, 5.74) is 1.39. The Labute approximate surface area is 144 Å². The number of hydrogen-bond donors (Lipinski definition) is 2. The van der Waals surface area contributed by atoms with Crippen LogP contribution in [-0.4, -0.2) is 35.2 Å². The highest BCUT2D eigenvalue weighted by atomic mass is 16.4. The van der Waals surface area contributed by atoms with Gasteiger partial charge in [-0.25, -0.2) is 0 Å². The van der Waals surface area contributed by atoms with Crippen molar-refractivity contribution in [3.63, 3.8) is 0 Å². The van der Waals surface area contributed by atoms with Crippen molar-refractivity contribution in [2.45, 2.75) is 50.9 Å². The molecular formula is C20H28N2O2. The van der Waals surface area contributed by atoms with Gasteiger partial charge in [0.2, 0.25) is 0 Å². The molecular weight excluding hydrogens is 300 g/mol. The third kappa shape index (κ3) is 4.94. The van der Waals surface area contributed by atoms with E-state index in [-0.39, 0.29) is 6.04 Å². The number of furan rings is 1. The molecule has 1 aromatic carbocycles. The van der Waals surface area contributed by atoms with Crippen LogP contribution in [0.1, 0.15) is 43.6 Å². The van der Waals surface area contributed by atoms with E-state index in [2.05, 4.69) is 47.5 Å². The predicted molar refractivity (Wildman–Crippen MR) is 95.6 cm³/mol. The van der Waals surface area contributed by atoms with E-state index in [1.165, 1.54) is 5.56 Å². The first-order valence-corrected chi connectivity index (χ1v) is 8.94. The first kappa shape index (κ1) is 17.2. The van der Waals surface area contributed by atoms with Crippen LogP contribution in [0.25, 0.3) is 0 Å². The smallest absolute Gasteiger partial charge is 0.132 e. The summed E-state index contributed by atoms with van der Waals surface area (Å²) in [5.74, 6) is 0.654. The number of aliphatic hydroxyl groups is 1. The van der Waals surface area contributed by atoms with E-state index in [0.717, 1.165) is 32.5 Å². The fraction of sp³-hybridized carbons (Fsp3) is 0.500. The molecule has 0 radical (unpaired) electrons. The molecule has 1 fully saturated rings. The number of benzene rings is 1. The molecule has 0 spiro atoms. The van der Waals surface area contributed by atoms with Crippen LogP contribution in [0.15, 0.2) is 53.1 Å². The summed E-state index contributed by atoms with van der Waals surface area (Å²) < 4.78 is 5.27. The molecule has 1 aliphatic heterocycles. The predicted octanol–water partition coefficient (Wildman–Crippen LogP) is 3.35. The van der Waals surface area contributed by atoms with Crippen LogP contribution < -0.4 is 5.32 Å². The largest absolute Gasteiger partial charge is 0.467 e. The fourth-order valence-electron chi connectivity index (χ4n) is 3.50. The normalized spacial score (nSPS) is 19.2. The van der Waals surface area contributed by atoms with E-state index in [0.29, 0.717) is 18.2 Å². The minimum atomic E-state index is -0.527. The molecule has 0 aliphatic carbocycles. The van der Waals surface area contributed by atoms with Crippen molar-refractivity contribution < 1.29 is 9.52 Å². The Bertz CT molecular complexity index is 577. The Hall–Kier alpha value is -1.62. The Balaban J connectivity index is 1.39. The van der Waals surface area contributed by atoms with Crippen LogP contribution in [0.4, 0.5) is 0 Å². The topological polar surface area (TPSA) is 48.6 Å². The van der Waals surface area contributed by atoms with E-state index >= 15 is 0 Å². The lowest BCUT2D eigenvalue weighted by Gasteiger charge is -2.34. The van der Waals surface area contributed by atoms with Gasteiger partial charge in [0.05, 0.1) is 6.26 Å². The average molecular weight is 328 g/mol. The Morgan fingerprint density at radius 3 is 2.58 bits per heavy atom. The molecule has 0 saturated carbocycles. The molecule has 2 heterocycles. The lowest BCUT2D eigenvalue weighted by Crippen LogP contribution is -2.45. The second-order valence-electron chi connectivity index (χ2n) is 6.87. The monoisotopic (exact) mass is 328 g/mol. The zero-order valence-electron chi connectivity index (χ0n) is 14.4. The molecule has 24 heavy (non-hydrogen) atoms. The summed E-state index contributed by atoms with van der Waals surface area (Å²) in [6, 6.07) is 15.1. The van der Waals surface area contributed by atoms with Crippen molar-refractivity contribution in [1.29, 1.82) is 0 Å². The maximum atomic E-state index is 10.2. The van der Waals surface area contributed by atoms with Gasteiger partial charge in [0.15, 0.2) is 0 Å². The summed E-state index contributed by atoms with van der Waals surface area (Å²) in [5, 5.41) is 13.8. The molecule has 4 nitrogen and oxygen atoms in total. The minimum Gasteiger partial charge on any atom is -0.467 e. The van der Waals surface area contributed by atoms with Crippen molar-refractivity contribution in [3.05, 3.63) is 60.1 Å². The van der Waals surface area contributed by atoms with Gasteiger partial charge in [0.1, 0.15) is 11.9 Å². The molecule has 0 bridgehead atoms. The van der Waals surface area contributed by atoms with Crippen molar-refractivity contribution in [3.8, 4) is 0 Å². The highest BCUT2D eigenvalue weighted by molar-refractivity contribution is 5.14. The maximum absolute atomic E-state index is 10.2. The highest BCUT2D eigenvalue weighted by Crippen LogP contribution is 2.20. The van der Waals surface area contributed by atoms with Gasteiger partial charge in [-0.3, -0.25) is 4.90 Å². The highest BCUT2D eigenvalue weighted by Gasteiger charge is 2.22. The molecule has 2 unspecified atom stereocenters. The van der Waals surface area contributed by atoms with Crippen molar-refractivity contribution in [2.24, 2.45) is 0 Å². The third-order valence-electron chi connectivity index (χ3n) is 4.81. The molecule has 2 aromatic rings. The van der Waals surface area contributed by atoms with Gasteiger partial charge in [0, 0.05) is 18.6 Å². The maximum Gasteiger partial charge on any atom is 0.132 e. The standard InChI is InChI=1S/C20H28N2O2/c1-16(14-19(23)20-8-5-13-24-20)21-18-9-11-22(12-10-18)15-17-6-3-2-4-7-17/h2-8,13,16,18-19,21,23H,9-12,14-15H2,1H3. The van der Waals surface area contributed by atoms with Crippen molar-refractivity contribution in [1.82, 2.24) is 10.2 Å². The third-order valence-corrected chi connectivity index (χ3v) is 4.81. The second-order valence-corrected chi connectivity index (χ2v) is 6.87. The number of nitrogens with one attached hydrogen (secondary N) is 1.